The first-order chi connectivity index (χ1) is 11.5. The number of benzene rings is 1. The number of hydrogen-bond donors (Lipinski definition) is 4. The van der Waals surface area contributed by atoms with Gasteiger partial charge in [0.15, 0.2) is 11.3 Å². The third kappa shape index (κ3) is 3.75. The average molecular weight is 350 g/mol. The average Bonchev–Trinajstić information content (AvgIpc) is 2.55. The minimum atomic E-state index is -1.09. The van der Waals surface area contributed by atoms with Gasteiger partial charge in [-0.1, -0.05) is 0 Å². The topological polar surface area (TPSA) is 191 Å². The second-order valence-electron chi connectivity index (χ2n) is 4.95. The van der Waals surface area contributed by atoms with Gasteiger partial charge in [-0.15, -0.1) is 0 Å². The van der Waals surface area contributed by atoms with Crippen molar-refractivity contribution in [1.29, 1.82) is 5.26 Å². The molecule has 0 heterocycles. The van der Waals surface area contributed by atoms with Gasteiger partial charge in [-0.2, -0.15) is 5.26 Å². The number of nitriles is 1. The summed E-state index contributed by atoms with van der Waals surface area (Å²) in [5.74, 6) is -4.87. The lowest BCUT2D eigenvalue weighted by Gasteiger charge is -2.22. The lowest BCUT2D eigenvalue weighted by molar-refractivity contribution is -0.386. The third-order valence-electron chi connectivity index (χ3n) is 3.42. The van der Waals surface area contributed by atoms with Gasteiger partial charge >= 0.3 is 5.69 Å². The standard InChI is InChI=1S/C14H14N4O7/c1-6(13(16)22)17(2)14(23)8(5-15)11(20)7-3-9(18(24)25)12(21)10(19)4-7/h3-4,6,19-21H,1-2H3,(H2,16,22)/b11-8-. The van der Waals surface area contributed by atoms with Crippen LogP contribution in [0.1, 0.15) is 12.5 Å². The summed E-state index contributed by atoms with van der Waals surface area (Å²) >= 11 is 0. The van der Waals surface area contributed by atoms with E-state index in [1.54, 1.807) is 0 Å². The summed E-state index contributed by atoms with van der Waals surface area (Å²) in [7, 11) is 1.17. The first-order valence-electron chi connectivity index (χ1n) is 6.63. The van der Waals surface area contributed by atoms with Crippen LogP contribution in [0.3, 0.4) is 0 Å². The number of phenolic OH excluding ortho intramolecular Hbond substituents is 2. The molecule has 5 N–H and O–H groups in total. The zero-order valence-corrected chi connectivity index (χ0v) is 13.1. The zero-order valence-electron chi connectivity index (χ0n) is 13.1. The molecular formula is C14H14N4O7. The number of likely N-dealkylation sites (N-methyl/N-ethyl adjacent to an activating group) is 1. The van der Waals surface area contributed by atoms with Gasteiger partial charge in [0, 0.05) is 18.7 Å². The molecule has 25 heavy (non-hydrogen) atoms. The highest BCUT2D eigenvalue weighted by Crippen LogP contribution is 2.38. The molecule has 2 amide bonds. The van der Waals surface area contributed by atoms with Crippen molar-refractivity contribution in [3.05, 3.63) is 33.4 Å². The fraction of sp³-hybridized carbons (Fsp3) is 0.214. The van der Waals surface area contributed by atoms with E-state index in [1.165, 1.54) is 20.0 Å². The zero-order chi connectivity index (χ0) is 19.5. The number of aliphatic hydroxyl groups is 1. The summed E-state index contributed by atoms with van der Waals surface area (Å²) in [5.41, 5.74) is 2.83. The largest absolute Gasteiger partial charge is 0.506 e. The van der Waals surface area contributed by atoms with Gasteiger partial charge in [0.05, 0.1) is 4.92 Å². The van der Waals surface area contributed by atoms with Crippen LogP contribution < -0.4 is 5.73 Å². The molecule has 1 aromatic carbocycles. The van der Waals surface area contributed by atoms with Crippen LogP contribution >= 0.6 is 0 Å². The number of nitro benzene ring substituents is 1. The Balaban J connectivity index is 3.49. The van der Waals surface area contributed by atoms with Crippen LogP contribution in [0.4, 0.5) is 5.69 Å². The van der Waals surface area contributed by atoms with Crippen molar-refractivity contribution in [3.8, 4) is 17.6 Å². The molecule has 0 aliphatic carbocycles. The summed E-state index contributed by atoms with van der Waals surface area (Å²) in [6.45, 7) is 1.30. The Morgan fingerprint density at radius 2 is 1.96 bits per heavy atom. The van der Waals surface area contributed by atoms with Gasteiger partial charge in [0.2, 0.25) is 11.7 Å². The molecule has 0 radical (unpaired) electrons. The smallest absolute Gasteiger partial charge is 0.315 e. The first kappa shape index (κ1) is 19.2. The lowest BCUT2D eigenvalue weighted by Crippen LogP contribution is -2.44. The molecule has 1 rings (SSSR count). The van der Waals surface area contributed by atoms with Gasteiger partial charge in [-0.25, -0.2) is 0 Å². The fourth-order valence-corrected chi connectivity index (χ4v) is 1.77. The van der Waals surface area contributed by atoms with Gasteiger partial charge in [-0.3, -0.25) is 19.7 Å². The van der Waals surface area contributed by atoms with Crippen LogP contribution in [0.5, 0.6) is 11.5 Å². The van der Waals surface area contributed by atoms with Crippen molar-refractivity contribution in [1.82, 2.24) is 4.90 Å². The molecule has 0 bridgehead atoms. The number of carbonyl (C=O) groups is 2. The van der Waals surface area contributed by atoms with E-state index in [2.05, 4.69) is 0 Å². The molecule has 0 aliphatic heterocycles. The summed E-state index contributed by atoms with van der Waals surface area (Å²) in [6, 6.07) is 1.75. The van der Waals surface area contributed by atoms with Crippen LogP contribution in [0.2, 0.25) is 0 Å². The number of rotatable bonds is 5. The van der Waals surface area contributed by atoms with E-state index in [4.69, 9.17) is 11.0 Å². The van der Waals surface area contributed by atoms with Gasteiger partial charge in [0.1, 0.15) is 17.9 Å². The molecule has 11 nitrogen and oxygen atoms in total. The third-order valence-corrected chi connectivity index (χ3v) is 3.42. The minimum absolute atomic E-state index is 0.452. The van der Waals surface area contributed by atoms with Crippen LogP contribution in [-0.4, -0.2) is 50.0 Å². The normalized spacial score (nSPS) is 12.5. The molecule has 1 aromatic rings. The number of aliphatic hydroxyl groups excluding tert-OH is 1. The maximum absolute atomic E-state index is 12.2. The Bertz CT molecular complexity index is 825. The molecule has 0 spiro atoms. The van der Waals surface area contributed by atoms with Crippen LogP contribution in [-0.2, 0) is 9.59 Å². The quantitative estimate of drug-likeness (QED) is 0.144. The highest BCUT2D eigenvalue weighted by Gasteiger charge is 2.28. The van der Waals surface area contributed by atoms with Crippen molar-refractivity contribution in [2.24, 2.45) is 5.73 Å². The van der Waals surface area contributed by atoms with Crippen molar-refractivity contribution in [2.45, 2.75) is 13.0 Å². The van der Waals surface area contributed by atoms with E-state index in [0.29, 0.717) is 6.07 Å². The number of nitrogens with zero attached hydrogens (tertiary/aromatic N) is 3. The van der Waals surface area contributed by atoms with Crippen LogP contribution in [0, 0.1) is 21.4 Å². The van der Waals surface area contributed by atoms with Gasteiger partial charge in [0.25, 0.3) is 5.91 Å². The number of primary amides is 1. The molecule has 1 unspecified atom stereocenters. The Morgan fingerprint density at radius 3 is 2.40 bits per heavy atom. The Hall–Kier alpha value is -3.81. The highest BCUT2D eigenvalue weighted by atomic mass is 16.6. The van der Waals surface area contributed by atoms with E-state index in [0.717, 1.165) is 11.0 Å². The number of amides is 2. The lowest BCUT2D eigenvalue weighted by atomic mass is 10.1. The predicted molar refractivity (Wildman–Crippen MR) is 83.0 cm³/mol. The summed E-state index contributed by atoms with van der Waals surface area (Å²) in [5, 5.41) is 49.0. The minimum Gasteiger partial charge on any atom is -0.506 e. The second kappa shape index (κ2) is 7.18. The molecule has 132 valence electrons. The Kier molecular flexibility index (Phi) is 5.52. The number of hydrogen-bond acceptors (Lipinski definition) is 8. The molecule has 0 aliphatic rings. The number of carbonyl (C=O) groups excluding carboxylic acids is 2. The molecule has 0 saturated carbocycles. The number of phenols is 2. The number of nitro groups is 1. The van der Waals surface area contributed by atoms with E-state index in [-0.39, 0.29) is 0 Å². The van der Waals surface area contributed by atoms with Crippen LogP contribution in [0.25, 0.3) is 5.76 Å². The van der Waals surface area contributed by atoms with Crippen molar-refractivity contribution in [2.75, 3.05) is 7.05 Å². The van der Waals surface area contributed by atoms with E-state index < -0.39 is 56.9 Å². The molecule has 0 aromatic heterocycles. The Morgan fingerprint density at radius 1 is 1.40 bits per heavy atom. The number of nitrogens with two attached hydrogens (primary N) is 1. The maximum Gasteiger partial charge on any atom is 0.315 e. The fourth-order valence-electron chi connectivity index (χ4n) is 1.77. The molecule has 1 atom stereocenters. The summed E-state index contributed by atoms with van der Waals surface area (Å²) < 4.78 is 0. The van der Waals surface area contributed by atoms with E-state index >= 15 is 0 Å². The van der Waals surface area contributed by atoms with Crippen molar-refractivity contribution >= 4 is 23.3 Å². The molecule has 11 heteroatoms. The first-order valence-corrected chi connectivity index (χ1v) is 6.63. The van der Waals surface area contributed by atoms with Crippen molar-refractivity contribution < 1.29 is 29.8 Å². The van der Waals surface area contributed by atoms with E-state index in [9.17, 15) is 35.0 Å². The monoisotopic (exact) mass is 350 g/mol. The molecule has 0 saturated heterocycles. The molecular weight excluding hydrogens is 336 g/mol. The highest BCUT2D eigenvalue weighted by molar-refractivity contribution is 6.05. The second-order valence-corrected chi connectivity index (χ2v) is 4.95. The van der Waals surface area contributed by atoms with Crippen LogP contribution in [0.15, 0.2) is 17.7 Å². The summed E-state index contributed by atoms with van der Waals surface area (Å²) in [6.07, 6.45) is 0. The van der Waals surface area contributed by atoms with E-state index in [1.807, 2.05) is 0 Å². The van der Waals surface area contributed by atoms with Gasteiger partial charge < -0.3 is 26.0 Å². The summed E-state index contributed by atoms with van der Waals surface area (Å²) in [4.78, 5) is 34.0. The maximum atomic E-state index is 12.2. The number of aromatic hydroxyl groups is 2. The SMILES string of the molecule is CC(C(N)=O)N(C)C(=O)/C(C#N)=C(\O)c1cc(O)c(O)c([N+](=O)[O-])c1. The Labute approximate surface area is 141 Å². The van der Waals surface area contributed by atoms with Gasteiger partial charge in [-0.05, 0) is 13.0 Å². The van der Waals surface area contributed by atoms with Crippen molar-refractivity contribution in [3.63, 3.8) is 0 Å². The molecule has 0 fully saturated rings. The predicted octanol–water partition coefficient (Wildman–Crippen LogP) is 0.131.